The van der Waals surface area contributed by atoms with E-state index in [2.05, 4.69) is 21.1 Å². The number of carbonyl (C=O) groups is 1. The lowest BCUT2D eigenvalue weighted by atomic mass is 10.1. The van der Waals surface area contributed by atoms with Crippen molar-refractivity contribution < 1.29 is 14.4 Å². The average molecular weight is 270 g/mol. The highest BCUT2D eigenvalue weighted by Crippen LogP contribution is 2.29. The van der Waals surface area contributed by atoms with Gasteiger partial charge in [0.1, 0.15) is 5.69 Å². The van der Waals surface area contributed by atoms with E-state index in [1.165, 1.54) is 0 Å². The summed E-state index contributed by atoms with van der Waals surface area (Å²) in [5.41, 5.74) is 2.04. The summed E-state index contributed by atoms with van der Waals surface area (Å²) in [6.45, 7) is 1.93. The van der Waals surface area contributed by atoms with Crippen molar-refractivity contribution in [3.05, 3.63) is 29.5 Å². The van der Waals surface area contributed by atoms with Crippen LogP contribution in [0.5, 0.6) is 0 Å². The molecule has 0 aliphatic rings. The highest BCUT2D eigenvalue weighted by atomic mass is 79.9. The molecule has 2 rings (SSSR count). The van der Waals surface area contributed by atoms with Crippen LogP contribution in [0.2, 0.25) is 0 Å². The molecule has 1 aromatic heterocycles. The van der Waals surface area contributed by atoms with Crippen molar-refractivity contribution in [3.8, 4) is 0 Å². The molecule has 0 spiro atoms. The summed E-state index contributed by atoms with van der Waals surface area (Å²) in [5, 5.41) is 13.3. The predicted octanol–water partition coefficient (Wildman–Crippen LogP) is 2.66. The van der Waals surface area contributed by atoms with E-state index < -0.39 is 10.8 Å². The molecule has 0 aliphatic carbocycles. The molecule has 0 radical (unpaired) electrons. The fourth-order valence-electron chi connectivity index (χ4n) is 1.37. The third-order valence-corrected chi connectivity index (χ3v) is 2.94. The Morgan fingerprint density at radius 3 is 3.00 bits per heavy atom. The Bertz CT molecular complexity index is 520. The number of carboxylic acids is 1. The maximum Gasteiger partial charge on any atom is 0.323 e. The predicted molar refractivity (Wildman–Crippen MR) is 58.0 cm³/mol. The van der Waals surface area contributed by atoms with Crippen LogP contribution < -0.4 is 0 Å². The zero-order valence-electron chi connectivity index (χ0n) is 7.90. The fourth-order valence-corrected chi connectivity index (χ4v) is 1.70. The Labute approximate surface area is 94.0 Å². The van der Waals surface area contributed by atoms with Crippen LogP contribution in [0.15, 0.2) is 22.7 Å². The number of nitrogens with zero attached hydrogens (tertiary/aromatic N) is 1. The summed E-state index contributed by atoms with van der Waals surface area (Å²) in [5.74, 6) is -0.980. The molecule has 0 bridgehead atoms. The monoisotopic (exact) mass is 269 g/mol. The number of halogens is 1. The number of carboxylic acid groups (broad SMARTS) is 1. The Kier molecular flexibility index (Phi) is 2.48. The van der Waals surface area contributed by atoms with Gasteiger partial charge in [0.2, 0.25) is 0 Å². The molecule has 0 saturated heterocycles. The smallest absolute Gasteiger partial charge is 0.323 e. The summed E-state index contributed by atoms with van der Waals surface area (Å²) in [6.07, 6.45) is 0. The van der Waals surface area contributed by atoms with Crippen LogP contribution in [0.25, 0.3) is 11.0 Å². The largest absolute Gasteiger partial charge is 0.480 e. The van der Waals surface area contributed by atoms with Gasteiger partial charge in [0.25, 0.3) is 0 Å². The van der Waals surface area contributed by atoms with E-state index in [1.54, 1.807) is 6.07 Å². The van der Waals surface area contributed by atoms with Gasteiger partial charge >= 0.3 is 5.97 Å². The fraction of sp³-hybridized carbons (Fsp3) is 0.200. The van der Waals surface area contributed by atoms with Crippen LogP contribution in [0, 0.1) is 6.92 Å². The van der Waals surface area contributed by atoms with Gasteiger partial charge in [0.05, 0.1) is 0 Å². The first kappa shape index (κ1) is 10.2. The molecule has 0 unspecified atom stereocenters. The number of benzene rings is 1. The topological polar surface area (TPSA) is 63.3 Å². The van der Waals surface area contributed by atoms with Gasteiger partial charge in [0, 0.05) is 5.39 Å². The second-order valence-electron chi connectivity index (χ2n) is 3.27. The lowest BCUT2D eigenvalue weighted by Gasteiger charge is -1.99. The summed E-state index contributed by atoms with van der Waals surface area (Å²) in [6, 6.07) is 5.53. The van der Waals surface area contributed by atoms with Crippen LogP contribution in [0.1, 0.15) is 16.1 Å². The second kappa shape index (κ2) is 3.66. The first-order chi connectivity index (χ1) is 7.09. The summed E-state index contributed by atoms with van der Waals surface area (Å²) < 4.78 is 5.03. The van der Waals surface area contributed by atoms with Gasteiger partial charge < -0.3 is 9.63 Å². The summed E-state index contributed by atoms with van der Waals surface area (Å²) >= 11 is 3.05. The minimum atomic E-state index is -0.980. The van der Waals surface area contributed by atoms with Crippen molar-refractivity contribution in [1.29, 1.82) is 0 Å². The van der Waals surface area contributed by atoms with Crippen molar-refractivity contribution >= 4 is 32.9 Å². The van der Waals surface area contributed by atoms with Gasteiger partial charge in [-0.1, -0.05) is 32.7 Å². The number of rotatable bonds is 2. The number of hydrogen-bond acceptors (Lipinski definition) is 3. The Balaban J connectivity index is 2.61. The third kappa shape index (κ3) is 1.74. The molecule has 5 heteroatoms. The van der Waals surface area contributed by atoms with Gasteiger partial charge in [-0.05, 0) is 19.1 Å². The van der Waals surface area contributed by atoms with E-state index in [0.29, 0.717) is 11.3 Å². The Morgan fingerprint density at radius 1 is 1.60 bits per heavy atom. The lowest BCUT2D eigenvalue weighted by Crippen LogP contribution is -2.04. The second-order valence-corrected chi connectivity index (χ2v) is 4.18. The molecule has 15 heavy (non-hydrogen) atoms. The number of alkyl halides is 1. The van der Waals surface area contributed by atoms with Crippen molar-refractivity contribution in [3.63, 3.8) is 0 Å². The first-order valence-electron chi connectivity index (χ1n) is 4.32. The third-order valence-electron chi connectivity index (χ3n) is 2.11. The number of aliphatic carboxylic acids is 1. The van der Waals surface area contributed by atoms with E-state index in [1.807, 2.05) is 19.1 Å². The van der Waals surface area contributed by atoms with Crippen molar-refractivity contribution in [2.24, 2.45) is 0 Å². The minimum Gasteiger partial charge on any atom is -0.480 e. The first-order valence-corrected chi connectivity index (χ1v) is 5.24. The van der Waals surface area contributed by atoms with Crippen LogP contribution in [0.3, 0.4) is 0 Å². The van der Waals surface area contributed by atoms with Crippen molar-refractivity contribution in [1.82, 2.24) is 5.16 Å². The van der Waals surface area contributed by atoms with E-state index in [9.17, 15) is 4.79 Å². The number of hydrogen-bond donors (Lipinski definition) is 1. The van der Waals surface area contributed by atoms with Gasteiger partial charge in [-0.2, -0.15) is 0 Å². The van der Waals surface area contributed by atoms with Crippen LogP contribution >= 0.6 is 15.9 Å². The van der Waals surface area contributed by atoms with Crippen LogP contribution in [-0.4, -0.2) is 16.2 Å². The Morgan fingerprint density at radius 2 is 2.33 bits per heavy atom. The molecule has 1 N–H and O–H groups in total. The van der Waals surface area contributed by atoms with Gasteiger partial charge in [0.15, 0.2) is 10.4 Å². The maximum absolute atomic E-state index is 10.8. The average Bonchev–Trinajstić information content (AvgIpc) is 2.59. The number of fused-ring (bicyclic) bond motifs is 1. The van der Waals surface area contributed by atoms with E-state index in [-0.39, 0.29) is 0 Å². The quantitative estimate of drug-likeness (QED) is 0.852. The number of aryl methyl sites for hydroxylation is 1. The summed E-state index contributed by atoms with van der Waals surface area (Å²) in [4.78, 5) is 9.96. The molecule has 0 amide bonds. The van der Waals surface area contributed by atoms with Gasteiger partial charge in [-0.15, -0.1) is 0 Å². The van der Waals surface area contributed by atoms with Crippen molar-refractivity contribution in [2.45, 2.75) is 11.8 Å². The molecule has 4 nitrogen and oxygen atoms in total. The molecule has 1 aromatic carbocycles. The zero-order valence-corrected chi connectivity index (χ0v) is 9.48. The SMILES string of the molecule is Cc1ccc2onc([C@H](Br)C(=O)O)c2c1. The number of aromatic nitrogens is 1. The van der Waals surface area contributed by atoms with E-state index >= 15 is 0 Å². The highest BCUT2D eigenvalue weighted by Gasteiger charge is 2.22. The van der Waals surface area contributed by atoms with E-state index in [0.717, 1.165) is 10.9 Å². The minimum absolute atomic E-state index is 0.404. The highest BCUT2D eigenvalue weighted by molar-refractivity contribution is 9.09. The van der Waals surface area contributed by atoms with Crippen molar-refractivity contribution in [2.75, 3.05) is 0 Å². The molecule has 1 heterocycles. The zero-order chi connectivity index (χ0) is 11.0. The lowest BCUT2D eigenvalue weighted by molar-refractivity contribution is -0.136. The van der Waals surface area contributed by atoms with Gasteiger partial charge in [-0.3, -0.25) is 4.79 Å². The summed E-state index contributed by atoms with van der Waals surface area (Å²) in [7, 11) is 0. The molecular formula is C10H8BrNO3. The normalized spacial score (nSPS) is 12.9. The van der Waals surface area contributed by atoms with Crippen LogP contribution in [0.4, 0.5) is 0 Å². The maximum atomic E-state index is 10.8. The van der Waals surface area contributed by atoms with Gasteiger partial charge in [-0.25, -0.2) is 0 Å². The van der Waals surface area contributed by atoms with Crippen LogP contribution in [-0.2, 0) is 4.79 Å². The molecular weight excluding hydrogens is 262 g/mol. The molecule has 1 atom stereocenters. The molecule has 0 aliphatic heterocycles. The van der Waals surface area contributed by atoms with E-state index in [4.69, 9.17) is 9.63 Å². The molecule has 0 saturated carbocycles. The molecule has 78 valence electrons. The molecule has 0 fully saturated rings. The Hall–Kier alpha value is -1.36. The molecule has 2 aromatic rings. The standard InChI is InChI=1S/C10H8BrNO3/c1-5-2-3-7-6(4-5)9(12-15-7)8(11)10(13)14/h2-4,8H,1H3,(H,13,14)/t8-/m0/s1.